The Kier molecular flexibility index (Phi) is 11.1. The molecular weight excluding hydrogens is 472 g/mol. The first-order valence-corrected chi connectivity index (χ1v) is 11.3. The lowest BCUT2D eigenvalue weighted by Crippen LogP contribution is -2.23. The Morgan fingerprint density at radius 1 is 1.27 bits per heavy atom. The van der Waals surface area contributed by atoms with Crippen LogP contribution in [0, 0.1) is 11.8 Å². The molecular formula is C25H27Cl2F3N2O. The maximum atomic E-state index is 12.8. The fraction of sp³-hybridized carbons (Fsp3) is 0.400. The zero-order chi connectivity index (χ0) is 24.4. The van der Waals surface area contributed by atoms with E-state index < -0.39 is 12.3 Å². The van der Waals surface area contributed by atoms with Crippen molar-refractivity contribution >= 4 is 29.1 Å². The van der Waals surface area contributed by atoms with Crippen LogP contribution in [0.1, 0.15) is 30.4 Å². The summed E-state index contributed by atoms with van der Waals surface area (Å²) in [4.78, 5) is 14.4. The average molecular weight is 499 g/mol. The Bertz CT molecular complexity index is 989. The van der Waals surface area contributed by atoms with Crippen LogP contribution in [0.3, 0.4) is 0 Å². The molecule has 0 bridgehead atoms. The Labute approximate surface area is 203 Å². The number of nitrogens with zero attached hydrogens (tertiary/aromatic N) is 1. The van der Waals surface area contributed by atoms with Gasteiger partial charge in [-0.05, 0) is 62.1 Å². The predicted octanol–water partition coefficient (Wildman–Crippen LogP) is 5.83. The van der Waals surface area contributed by atoms with Crippen LogP contribution < -0.4 is 5.32 Å². The van der Waals surface area contributed by atoms with Crippen molar-refractivity contribution in [1.82, 2.24) is 10.2 Å². The van der Waals surface area contributed by atoms with Crippen molar-refractivity contribution < 1.29 is 18.0 Å². The van der Waals surface area contributed by atoms with Gasteiger partial charge in [0, 0.05) is 41.2 Å². The van der Waals surface area contributed by atoms with Crippen LogP contribution in [-0.4, -0.2) is 44.0 Å². The Morgan fingerprint density at radius 2 is 2.00 bits per heavy atom. The second-order valence-electron chi connectivity index (χ2n) is 7.71. The third-order valence-corrected chi connectivity index (χ3v) is 5.94. The van der Waals surface area contributed by atoms with Crippen LogP contribution in [0.15, 0.2) is 52.6 Å². The van der Waals surface area contributed by atoms with Gasteiger partial charge in [0.15, 0.2) is 0 Å². The highest BCUT2D eigenvalue weighted by atomic mass is 35.5. The fourth-order valence-corrected chi connectivity index (χ4v) is 3.74. The van der Waals surface area contributed by atoms with Crippen LogP contribution in [0.25, 0.3) is 0 Å². The molecule has 8 heteroatoms. The third-order valence-electron chi connectivity index (χ3n) is 5.27. The molecule has 1 aromatic carbocycles. The number of rotatable bonds is 7. The number of alkyl halides is 3. The summed E-state index contributed by atoms with van der Waals surface area (Å²) in [6.45, 7) is 1.25. The van der Waals surface area contributed by atoms with Gasteiger partial charge in [-0.3, -0.25) is 9.18 Å². The molecule has 0 aromatic heterocycles. The van der Waals surface area contributed by atoms with E-state index in [1.165, 1.54) is 18.9 Å². The number of benzene rings is 1. The van der Waals surface area contributed by atoms with Crippen molar-refractivity contribution in [3.8, 4) is 11.8 Å². The fourth-order valence-electron chi connectivity index (χ4n) is 3.19. The number of hydrogen-bond donors (Lipinski definition) is 1. The monoisotopic (exact) mass is 498 g/mol. The Balaban J connectivity index is 0.00000187. The normalized spacial score (nSPS) is 15.4. The van der Waals surface area contributed by atoms with E-state index in [-0.39, 0.29) is 23.6 Å². The maximum absolute atomic E-state index is 12.8. The van der Waals surface area contributed by atoms with Gasteiger partial charge in [0.25, 0.3) is 12.3 Å². The minimum absolute atomic E-state index is 0.0815. The minimum Gasteiger partial charge on any atom is -0.341 e. The summed E-state index contributed by atoms with van der Waals surface area (Å²) in [6.07, 6.45) is 5.27. The van der Waals surface area contributed by atoms with Gasteiger partial charge in [-0.15, -0.1) is 0 Å². The SMILES string of the molecule is CF.CN(CCc1ccc(CNC(=O)C#CC2=C(Cl)C=C(C(F)F)CC=C2)cc1Cl)C1CC1. The van der Waals surface area contributed by atoms with Crippen LogP contribution in [-0.2, 0) is 17.8 Å². The molecule has 1 N–H and O–H groups in total. The van der Waals surface area contributed by atoms with Crippen molar-refractivity contribution in [2.45, 2.75) is 44.7 Å². The number of carbonyl (C=O) groups is 1. The van der Waals surface area contributed by atoms with Crippen molar-refractivity contribution in [1.29, 1.82) is 0 Å². The number of allylic oxidation sites excluding steroid dienone is 6. The molecule has 2 aliphatic rings. The first-order valence-electron chi connectivity index (χ1n) is 10.5. The minimum atomic E-state index is -2.58. The van der Waals surface area contributed by atoms with E-state index in [1.807, 2.05) is 18.2 Å². The molecule has 3 rings (SSSR count). The summed E-state index contributed by atoms with van der Waals surface area (Å²) in [5.41, 5.74) is 2.20. The van der Waals surface area contributed by atoms with Crippen LogP contribution >= 0.6 is 23.2 Å². The summed E-state index contributed by atoms with van der Waals surface area (Å²) >= 11 is 12.5. The first kappa shape index (κ1) is 27.0. The number of nitrogens with one attached hydrogen (secondary N) is 1. The first-order chi connectivity index (χ1) is 15.8. The zero-order valence-electron chi connectivity index (χ0n) is 18.6. The van der Waals surface area contributed by atoms with Gasteiger partial charge in [-0.1, -0.05) is 47.3 Å². The molecule has 0 unspecified atom stereocenters. The molecule has 0 saturated heterocycles. The van der Waals surface area contributed by atoms with Crippen LogP contribution in [0.2, 0.25) is 5.02 Å². The molecule has 1 fully saturated rings. The molecule has 0 aliphatic heterocycles. The highest BCUT2D eigenvalue weighted by Gasteiger charge is 2.25. The highest BCUT2D eigenvalue weighted by Crippen LogP contribution is 2.26. The summed E-state index contributed by atoms with van der Waals surface area (Å²) in [5, 5.41) is 3.49. The topological polar surface area (TPSA) is 32.3 Å². The standard InChI is InChI=1S/C24H24Cl2F2N2O.CH3F/c1-30(20-8-9-20)12-11-18-6-5-16(13-21(18)25)15-29-23(31)10-7-17-3-2-4-19(24(27)28)14-22(17)26;1-2/h2-3,5-6,13-14,20,24H,4,8-9,11-12,15H2,1H3,(H,29,31);1H3. The molecule has 0 spiro atoms. The van der Waals surface area contributed by atoms with E-state index in [2.05, 4.69) is 29.1 Å². The van der Waals surface area contributed by atoms with E-state index in [0.29, 0.717) is 17.8 Å². The van der Waals surface area contributed by atoms with E-state index in [0.717, 1.165) is 30.1 Å². The van der Waals surface area contributed by atoms with Gasteiger partial charge in [0.05, 0.1) is 12.2 Å². The molecule has 0 heterocycles. The number of halogens is 5. The second-order valence-corrected chi connectivity index (χ2v) is 8.52. The largest absolute Gasteiger partial charge is 0.341 e. The van der Waals surface area contributed by atoms with Gasteiger partial charge >= 0.3 is 0 Å². The molecule has 1 saturated carbocycles. The maximum Gasteiger partial charge on any atom is 0.296 e. The van der Waals surface area contributed by atoms with Crippen molar-refractivity contribution in [3.63, 3.8) is 0 Å². The molecule has 0 radical (unpaired) electrons. The van der Waals surface area contributed by atoms with E-state index in [4.69, 9.17) is 23.2 Å². The lowest BCUT2D eigenvalue weighted by atomic mass is 10.1. The molecule has 33 heavy (non-hydrogen) atoms. The van der Waals surface area contributed by atoms with Gasteiger partial charge in [-0.2, -0.15) is 0 Å². The molecule has 2 aliphatic carbocycles. The van der Waals surface area contributed by atoms with E-state index in [9.17, 15) is 18.0 Å². The van der Waals surface area contributed by atoms with Gasteiger partial charge in [0.1, 0.15) is 0 Å². The predicted molar refractivity (Wildman–Crippen MR) is 128 cm³/mol. The zero-order valence-corrected chi connectivity index (χ0v) is 20.1. The second kappa shape index (κ2) is 13.5. The summed E-state index contributed by atoms with van der Waals surface area (Å²) in [5.74, 6) is 4.61. The smallest absolute Gasteiger partial charge is 0.296 e. The average Bonchev–Trinajstić information content (AvgIpc) is 3.65. The molecule has 1 amide bonds. The van der Waals surface area contributed by atoms with Crippen LogP contribution in [0.4, 0.5) is 13.2 Å². The van der Waals surface area contributed by atoms with E-state index in [1.54, 1.807) is 12.2 Å². The summed E-state index contributed by atoms with van der Waals surface area (Å²) < 4.78 is 35.2. The lowest BCUT2D eigenvalue weighted by Gasteiger charge is -2.16. The van der Waals surface area contributed by atoms with Crippen molar-refractivity contribution in [3.05, 3.63) is 68.8 Å². The third kappa shape index (κ3) is 8.92. The number of amides is 1. The highest BCUT2D eigenvalue weighted by molar-refractivity contribution is 6.32. The quantitative estimate of drug-likeness (QED) is 0.479. The van der Waals surface area contributed by atoms with Crippen molar-refractivity contribution in [2.24, 2.45) is 0 Å². The lowest BCUT2D eigenvalue weighted by molar-refractivity contribution is -0.115. The Morgan fingerprint density at radius 3 is 2.64 bits per heavy atom. The van der Waals surface area contributed by atoms with Crippen LogP contribution in [0.5, 0.6) is 0 Å². The van der Waals surface area contributed by atoms with Gasteiger partial charge in [-0.25, -0.2) is 8.78 Å². The molecule has 0 atom stereocenters. The molecule has 3 nitrogen and oxygen atoms in total. The van der Waals surface area contributed by atoms with E-state index >= 15 is 0 Å². The van der Waals surface area contributed by atoms with Gasteiger partial charge in [0.2, 0.25) is 0 Å². The van der Waals surface area contributed by atoms with Crippen molar-refractivity contribution in [2.75, 3.05) is 20.8 Å². The summed E-state index contributed by atoms with van der Waals surface area (Å²) in [7, 11) is 2.64. The molecule has 178 valence electrons. The summed E-state index contributed by atoms with van der Waals surface area (Å²) in [6, 6.07) is 6.50. The number of carbonyl (C=O) groups excluding carboxylic acids is 1. The van der Waals surface area contributed by atoms with Gasteiger partial charge < -0.3 is 10.2 Å². The number of likely N-dealkylation sites (N-methyl/N-ethyl adjacent to an activating group) is 1. The Hall–Kier alpha value is -2.20. The number of hydrogen-bond acceptors (Lipinski definition) is 2. The molecule has 1 aromatic rings.